The van der Waals surface area contributed by atoms with Crippen LogP contribution >= 0.6 is 34.5 Å². The minimum atomic E-state index is -0.542. The fourth-order valence-electron chi connectivity index (χ4n) is 1.12. The lowest BCUT2D eigenvalue weighted by Crippen LogP contribution is -1.87. The molecule has 2 rings (SSSR count). The van der Waals surface area contributed by atoms with Gasteiger partial charge in [0.2, 0.25) is 0 Å². The van der Waals surface area contributed by atoms with Gasteiger partial charge >= 0.3 is 0 Å². The maximum atomic E-state index is 10.8. The Morgan fingerprint density at radius 3 is 2.80 bits per heavy atom. The molecule has 0 radical (unpaired) electrons. The number of hydrogen-bond acceptors (Lipinski definition) is 3. The molecule has 0 atom stereocenters. The monoisotopic (exact) mass is 257 g/mol. The molecule has 15 heavy (non-hydrogen) atoms. The Kier molecular flexibility index (Phi) is 3.05. The fourth-order valence-corrected chi connectivity index (χ4v) is 2.27. The minimum Gasteiger partial charge on any atom is -0.274 e. The van der Waals surface area contributed by atoms with Crippen LogP contribution in [0.5, 0.6) is 0 Å². The zero-order valence-corrected chi connectivity index (χ0v) is 9.73. The molecule has 2 aromatic rings. The molecule has 0 N–H and O–H groups in total. The number of benzene rings is 1. The largest absolute Gasteiger partial charge is 0.274 e. The third-order valence-electron chi connectivity index (χ3n) is 1.78. The van der Waals surface area contributed by atoms with Gasteiger partial charge in [-0.3, -0.25) is 4.79 Å². The Bertz CT molecular complexity index is 510. The van der Waals surface area contributed by atoms with Crippen LogP contribution in [0.1, 0.15) is 10.5 Å². The molecule has 76 valence electrons. The van der Waals surface area contributed by atoms with Crippen molar-refractivity contribution < 1.29 is 4.79 Å². The number of carbonyl (C=O) groups excluding carboxylic acids is 1. The third-order valence-corrected chi connectivity index (χ3v) is 3.10. The number of carbonyl (C=O) groups is 1. The molecule has 0 fully saturated rings. The van der Waals surface area contributed by atoms with Crippen LogP contribution < -0.4 is 0 Å². The summed E-state index contributed by atoms with van der Waals surface area (Å²) in [5.74, 6) is 0. The van der Waals surface area contributed by atoms with Crippen molar-refractivity contribution in [2.24, 2.45) is 0 Å². The van der Waals surface area contributed by atoms with E-state index in [-0.39, 0.29) is 5.69 Å². The van der Waals surface area contributed by atoms with Crippen LogP contribution in [0.4, 0.5) is 0 Å². The van der Waals surface area contributed by atoms with E-state index >= 15 is 0 Å². The Morgan fingerprint density at radius 1 is 1.40 bits per heavy atom. The standard InChI is InChI=1S/C10H5Cl2NOS/c11-7-3-1-2-6(4-7)10-13-8(5-15-10)9(12)14/h1-5H. The second kappa shape index (κ2) is 4.31. The Hall–Kier alpha value is -0.900. The molecule has 2 nitrogen and oxygen atoms in total. The first-order valence-corrected chi connectivity index (χ1v) is 5.71. The highest BCUT2D eigenvalue weighted by Crippen LogP contribution is 2.26. The van der Waals surface area contributed by atoms with E-state index in [1.54, 1.807) is 17.5 Å². The van der Waals surface area contributed by atoms with Gasteiger partial charge in [-0.25, -0.2) is 4.98 Å². The van der Waals surface area contributed by atoms with Crippen LogP contribution in [0.3, 0.4) is 0 Å². The molecule has 0 spiro atoms. The molecule has 1 aromatic heterocycles. The van der Waals surface area contributed by atoms with Gasteiger partial charge in [0, 0.05) is 16.0 Å². The lowest BCUT2D eigenvalue weighted by molar-refractivity contribution is 0.107. The summed E-state index contributed by atoms with van der Waals surface area (Å²) >= 11 is 12.5. The SMILES string of the molecule is O=C(Cl)c1csc(-c2cccc(Cl)c2)n1. The number of nitrogens with zero attached hydrogens (tertiary/aromatic N) is 1. The van der Waals surface area contributed by atoms with Gasteiger partial charge in [-0.15, -0.1) is 11.3 Å². The lowest BCUT2D eigenvalue weighted by atomic mass is 10.2. The van der Waals surface area contributed by atoms with E-state index in [0.29, 0.717) is 5.02 Å². The summed E-state index contributed by atoms with van der Waals surface area (Å²) in [5, 5.41) is 2.47. The van der Waals surface area contributed by atoms with E-state index in [9.17, 15) is 4.79 Å². The summed E-state index contributed by atoms with van der Waals surface area (Å²) in [5.41, 5.74) is 1.16. The number of aromatic nitrogens is 1. The summed E-state index contributed by atoms with van der Waals surface area (Å²) in [6.07, 6.45) is 0. The number of rotatable bonds is 2. The van der Waals surface area contributed by atoms with Crippen molar-refractivity contribution in [2.75, 3.05) is 0 Å². The van der Waals surface area contributed by atoms with Crippen molar-refractivity contribution in [3.8, 4) is 10.6 Å². The van der Waals surface area contributed by atoms with Gasteiger partial charge in [-0.2, -0.15) is 0 Å². The molecule has 0 amide bonds. The Labute approximate surface area is 100 Å². The summed E-state index contributed by atoms with van der Waals surface area (Å²) in [7, 11) is 0. The Morgan fingerprint density at radius 2 is 2.20 bits per heavy atom. The van der Waals surface area contributed by atoms with E-state index in [1.807, 2.05) is 12.1 Å². The summed E-state index contributed by atoms with van der Waals surface area (Å²) in [6.45, 7) is 0. The zero-order valence-electron chi connectivity index (χ0n) is 7.41. The van der Waals surface area contributed by atoms with Crippen molar-refractivity contribution >= 4 is 39.8 Å². The van der Waals surface area contributed by atoms with Gasteiger partial charge in [0.25, 0.3) is 5.24 Å². The van der Waals surface area contributed by atoms with E-state index in [2.05, 4.69) is 4.98 Å². The molecule has 5 heteroatoms. The van der Waals surface area contributed by atoms with Gasteiger partial charge in [-0.05, 0) is 23.7 Å². The van der Waals surface area contributed by atoms with Crippen molar-refractivity contribution in [3.63, 3.8) is 0 Å². The highest BCUT2D eigenvalue weighted by Gasteiger charge is 2.09. The molecule has 0 saturated heterocycles. The average Bonchev–Trinajstić information content (AvgIpc) is 2.66. The first-order valence-electron chi connectivity index (χ1n) is 4.08. The molecule has 0 aliphatic carbocycles. The third kappa shape index (κ3) is 2.37. The number of hydrogen-bond donors (Lipinski definition) is 0. The Balaban J connectivity index is 2.41. The van der Waals surface area contributed by atoms with E-state index in [1.165, 1.54) is 11.3 Å². The van der Waals surface area contributed by atoms with Gasteiger partial charge in [0.05, 0.1) is 0 Å². The first-order chi connectivity index (χ1) is 7.16. The van der Waals surface area contributed by atoms with Crippen molar-refractivity contribution in [1.29, 1.82) is 0 Å². The predicted molar refractivity (Wildman–Crippen MR) is 62.7 cm³/mol. The van der Waals surface area contributed by atoms with E-state index in [0.717, 1.165) is 10.6 Å². The summed E-state index contributed by atoms with van der Waals surface area (Å²) in [4.78, 5) is 14.9. The maximum Gasteiger partial charge on any atom is 0.271 e. The predicted octanol–water partition coefficient (Wildman–Crippen LogP) is 3.84. The maximum absolute atomic E-state index is 10.8. The molecule has 0 saturated carbocycles. The molecule has 1 aromatic carbocycles. The quantitative estimate of drug-likeness (QED) is 0.766. The van der Waals surface area contributed by atoms with Crippen molar-refractivity contribution in [1.82, 2.24) is 4.98 Å². The lowest BCUT2D eigenvalue weighted by Gasteiger charge is -1.95. The first kappa shape index (κ1) is 10.6. The van der Waals surface area contributed by atoms with Gasteiger partial charge in [-0.1, -0.05) is 23.7 Å². The van der Waals surface area contributed by atoms with Crippen LogP contribution in [0, 0.1) is 0 Å². The molecular formula is C10H5Cl2NOS. The number of thiazole rings is 1. The molecule has 0 aliphatic rings. The highest BCUT2D eigenvalue weighted by molar-refractivity contribution is 7.13. The molecular weight excluding hydrogens is 253 g/mol. The van der Waals surface area contributed by atoms with E-state index < -0.39 is 5.24 Å². The molecule has 0 aliphatic heterocycles. The summed E-state index contributed by atoms with van der Waals surface area (Å²) in [6, 6.07) is 7.30. The van der Waals surface area contributed by atoms with Crippen molar-refractivity contribution in [3.05, 3.63) is 40.4 Å². The van der Waals surface area contributed by atoms with Crippen LogP contribution in [-0.2, 0) is 0 Å². The molecule has 1 heterocycles. The number of halogens is 2. The second-order valence-corrected chi connectivity index (χ2v) is 4.46. The van der Waals surface area contributed by atoms with Crippen LogP contribution in [0.15, 0.2) is 29.6 Å². The normalized spacial score (nSPS) is 10.3. The van der Waals surface area contributed by atoms with Crippen molar-refractivity contribution in [2.45, 2.75) is 0 Å². The minimum absolute atomic E-state index is 0.275. The smallest absolute Gasteiger partial charge is 0.271 e. The van der Waals surface area contributed by atoms with Crippen LogP contribution in [0.25, 0.3) is 10.6 Å². The summed E-state index contributed by atoms with van der Waals surface area (Å²) < 4.78 is 0. The van der Waals surface area contributed by atoms with Gasteiger partial charge in [0.1, 0.15) is 10.7 Å². The van der Waals surface area contributed by atoms with Crippen LogP contribution in [-0.4, -0.2) is 10.2 Å². The van der Waals surface area contributed by atoms with Crippen LogP contribution in [0.2, 0.25) is 5.02 Å². The second-order valence-electron chi connectivity index (χ2n) is 2.82. The molecule has 0 unspecified atom stereocenters. The highest BCUT2D eigenvalue weighted by atomic mass is 35.5. The van der Waals surface area contributed by atoms with Gasteiger partial charge < -0.3 is 0 Å². The average molecular weight is 258 g/mol. The van der Waals surface area contributed by atoms with E-state index in [4.69, 9.17) is 23.2 Å². The zero-order chi connectivity index (χ0) is 10.8. The fraction of sp³-hybridized carbons (Fsp3) is 0. The van der Waals surface area contributed by atoms with Gasteiger partial charge in [0.15, 0.2) is 0 Å². The molecule has 0 bridgehead atoms. The topological polar surface area (TPSA) is 30.0 Å².